The molecule has 0 radical (unpaired) electrons. The zero-order chi connectivity index (χ0) is 13.7. The fraction of sp³-hybridized carbons (Fsp3) is 0.417. The summed E-state index contributed by atoms with van der Waals surface area (Å²) in [5.74, 6) is 2.33. The molecule has 0 aromatic carbocycles. The molecule has 2 aromatic heterocycles. The Morgan fingerprint density at radius 1 is 1.42 bits per heavy atom. The molecule has 6 nitrogen and oxygen atoms in total. The van der Waals surface area contributed by atoms with Crippen LogP contribution in [0.5, 0.6) is 0 Å². The normalized spacial score (nSPS) is 10.6. The van der Waals surface area contributed by atoms with E-state index < -0.39 is 0 Å². The number of rotatable bonds is 6. The summed E-state index contributed by atoms with van der Waals surface area (Å²) in [6.45, 7) is 4.57. The van der Waals surface area contributed by atoms with Gasteiger partial charge in [0.2, 0.25) is 5.95 Å². The minimum Gasteiger partial charge on any atom is -0.355 e. The Morgan fingerprint density at radius 3 is 2.95 bits per heavy atom. The van der Waals surface area contributed by atoms with Crippen molar-refractivity contribution in [3.8, 4) is 0 Å². The first-order chi connectivity index (χ1) is 9.15. The number of aromatic amines is 2. The summed E-state index contributed by atoms with van der Waals surface area (Å²) >= 11 is 1.79. The zero-order valence-electron chi connectivity index (χ0n) is 11.0. The first-order valence-corrected chi connectivity index (χ1v) is 7.19. The number of nitrogens with one attached hydrogen (secondary N) is 3. The Hall–Kier alpha value is -1.76. The Kier molecular flexibility index (Phi) is 4.62. The molecule has 3 N–H and O–H groups in total. The van der Waals surface area contributed by atoms with Crippen LogP contribution >= 0.6 is 11.8 Å². The van der Waals surface area contributed by atoms with Crippen molar-refractivity contribution in [1.82, 2.24) is 19.9 Å². The molecule has 102 valence electrons. The molecule has 0 aliphatic carbocycles. The molecule has 0 atom stereocenters. The van der Waals surface area contributed by atoms with Crippen LogP contribution < -0.4 is 10.9 Å². The lowest BCUT2D eigenvalue weighted by Gasteiger charge is -2.05. The molecule has 0 saturated heterocycles. The lowest BCUT2D eigenvalue weighted by molar-refractivity contribution is 1.03. The fourth-order valence-electron chi connectivity index (χ4n) is 1.61. The fourth-order valence-corrected chi connectivity index (χ4v) is 2.48. The summed E-state index contributed by atoms with van der Waals surface area (Å²) < 4.78 is 0. The van der Waals surface area contributed by atoms with Gasteiger partial charge in [0.1, 0.15) is 0 Å². The SMILES string of the molecule is Cc1cc(=O)[nH]c(NCCSCc2nc[nH]c2C)n1. The van der Waals surface area contributed by atoms with Crippen molar-refractivity contribution in [3.05, 3.63) is 39.8 Å². The maximum atomic E-state index is 11.2. The third kappa shape index (κ3) is 4.13. The highest BCUT2D eigenvalue weighted by Gasteiger charge is 2.01. The van der Waals surface area contributed by atoms with E-state index in [2.05, 4.69) is 25.3 Å². The molecule has 7 heteroatoms. The Bertz CT molecular complexity index is 592. The van der Waals surface area contributed by atoms with Crippen LogP contribution in [0.2, 0.25) is 0 Å². The molecule has 2 heterocycles. The smallest absolute Gasteiger partial charge is 0.252 e. The van der Waals surface area contributed by atoms with E-state index in [9.17, 15) is 4.79 Å². The molecule has 0 saturated carbocycles. The van der Waals surface area contributed by atoms with Crippen LogP contribution in [0.4, 0.5) is 5.95 Å². The minimum atomic E-state index is -0.130. The van der Waals surface area contributed by atoms with E-state index in [1.165, 1.54) is 6.07 Å². The standard InChI is InChI=1S/C12H17N5OS/c1-8-5-11(18)17-12(16-8)13-3-4-19-6-10-9(2)14-7-15-10/h5,7H,3-4,6H2,1-2H3,(H,14,15)(H2,13,16,17,18). The third-order valence-electron chi connectivity index (χ3n) is 2.58. The highest BCUT2D eigenvalue weighted by Crippen LogP contribution is 2.12. The number of nitrogens with zero attached hydrogens (tertiary/aromatic N) is 2. The van der Waals surface area contributed by atoms with E-state index in [-0.39, 0.29) is 5.56 Å². The van der Waals surface area contributed by atoms with Crippen LogP contribution in [0, 0.1) is 13.8 Å². The molecule has 0 fully saturated rings. The largest absolute Gasteiger partial charge is 0.355 e. The molecule has 0 amide bonds. The zero-order valence-corrected chi connectivity index (χ0v) is 11.8. The average Bonchev–Trinajstić information content (AvgIpc) is 2.73. The van der Waals surface area contributed by atoms with Crippen molar-refractivity contribution < 1.29 is 0 Å². The summed E-state index contributed by atoms with van der Waals surface area (Å²) in [6, 6.07) is 1.47. The first kappa shape index (κ1) is 13.7. The van der Waals surface area contributed by atoms with Gasteiger partial charge in [-0.25, -0.2) is 9.97 Å². The van der Waals surface area contributed by atoms with E-state index in [0.29, 0.717) is 11.6 Å². The maximum absolute atomic E-state index is 11.2. The second-order valence-corrected chi connectivity index (χ2v) is 5.29. The van der Waals surface area contributed by atoms with Gasteiger partial charge in [0.25, 0.3) is 5.56 Å². The number of thioether (sulfide) groups is 1. The van der Waals surface area contributed by atoms with Gasteiger partial charge in [0.05, 0.1) is 12.0 Å². The summed E-state index contributed by atoms with van der Waals surface area (Å²) in [6.07, 6.45) is 1.71. The van der Waals surface area contributed by atoms with Gasteiger partial charge in [-0.1, -0.05) is 0 Å². The van der Waals surface area contributed by atoms with E-state index >= 15 is 0 Å². The van der Waals surface area contributed by atoms with E-state index in [1.54, 1.807) is 25.0 Å². The quantitative estimate of drug-likeness (QED) is 0.697. The van der Waals surface area contributed by atoms with Gasteiger partial charge in [-0.2, -0.15) is 11.8 Å². The molecule has 0 aliphatic rings. The van der Waals surface area contributed by atoms with Gasteiger partial charge < -0.3 is 10.3 Å². The highest BCUT2D eigenvalue weighted by molar-refractivity contribution is 7.98. The molecule has 0 unspecified atom stereocenters. The van der Waals surface area contributed by atoms with E-state index in [0.717, 1.165) is 29.4 Å². The summed E-state index contributed by atoms with van der Waals surface area (Å²) in [4.78, 5) is 25.4. The number of anilines is 1. The van der Waals surface area contributed by atoms with Crippen LogP contribution in [-0.4, -0.2) is 32.2 Å². The van der Waals surface area contributed by atoms with Gasteiger partial charge in [-0.05, 0) is 13.8 Å². The van der Waals surface area contributed by atoms with Gasteiger partial charge in [0.15, 0.2) is 0 Å². The molecule has 0 bridgehead atoms. The lowest BCUT2D eigenvalue weighted by Crippen LogP contribution is -2.14. The summed E-state index contributed by atoms with van der Waals surface area (Å²) in [5.41, 5.74) is 2.79. The molecule has 19 heavy (non-hydrogen) atoms. The second kappa shape index (κ2) is 6.42. The topological polar surface area (TPSA) is 86.5 Å². The van der Waals surface area contributed by atoms with Crippen LogP contribution in [-0.2, 0) is 5.75 Å². The first-order valence-electron chi connectivity index (χ1n) is 6.03. The predicted molar refractivity (Wildman–Crippen MR) is 77.6 cm³/mol. The van der Waals surface area contributed by atoms with Crippen LogP contribution in [0.25, 0.3) is 0 Å². The Morgan fingerprint density at radius 2 is 2.26 bits per heavy atom. The number of hydrogen-bond donors (Lipinski definition) is 3. The van der Waals surface area contributed by atoms with Gasteiger partial charge in [-0.15, -0.1) is 0 Å². The summed E-state index contributed by atoms with van der Waals surface area (Å²) in [5, 5.41) is 3.11. The van der Waals surface area contributed by atoms with Crippen molar-refractivity contribution in [2.45, 2.75) is 19.6 Å². The van der Waals surface area contributed by atoms with Crippen molar-refractivity contribution in [2.24, 2.45) is 0 Å². The Labute approximate surface area is 115 Å². The van der Waals surface area contributed by atoms with Crippen molar-refractivity contribution >= 4 is 17.7 Å². The molecular weight excluding hydrogens is 262 g/mol. The third-order valence-corrected chi connectivity index (χ3v) is 3.55. The van der Waals surface area contributed by atoms with Gasteiger partial charge in [0, 0.05) is 35.5 Å². The van der Waals surface area contributed by atoms with Crippen LogP contribution in [0.3, 0.4) is 0 Å². The lowest BCUT2D eigenvalue weighted by atomic mass is 10.4. The number of aryl methyl sites for hydroxylation is 2. The summed E-state index contributed by atoms with van der Waals surface area (Å²) in [7, 11) is 0. The average molecular weight is 279 g/mol. The highest BCUT2D eigenvalue weighted by atomic mass is 32.2. The number of H-pyrrole nitrogens is 2. The van der Waals surface area contributed by atoms with Gasteiger partial charge >= 0.3 is 0 Å². The molecule has 0 spiro atoms. The van der Waals surface area contributed by atoms with Crippen LogP contribution in [0.1, 0.15) is 17.1 Å². The van der Waals surface area contributed by atoms with Crippen molar-refractivity contribution in [1.29, 1.82) is 0 Å². The molecule has 2 aromatic rings. The second-order valence-electron chi connectivity index (χ2n) is 4.19. The molecule has 2 rings (SSSR count). The van der Waals surface area contributed by atoms with Gasteiger partial charge in [-0.3, -0.25) is 9.78 Å². The van der Waals surface area contributed by atoms with Crippen LogP contribution in [0.15, 0.2) is 17.2 Å². The molecular formula is C12H17N5OS. The maximum Gasteiger partial charge on any atom is 0.252 e. The predicted octanol–water partition coefficient (Wildman–Crippen LogP) is 1.46. The van der Waals surface area contributed by atoms with Crippen molar-refractivity contribution in [3.63, 3.8) is 0 Å². The van der Waals surface area contributed by atoms with E-state index in [4.69, 9.17) is 0 Å². The Balaban J connectivity index is 1.72. The number of imidazole rings is 1. The van der Waals surface area contributed by atoms with E-state index in [1.807, 2.05) is 6.92 Å². The monoisotopic (exact) mass is 279 g/mol. The van der Waals surface area contributed by atoms with Crippen molar-refractivity contribution in [2.75, 3.05) is 17.6 Å². The molecule has 0 aliphatic heterocycles. The number of hydrogen-bond acceptors (Lipinski definition) is 5. The number of aromatic nitrogens is 4. The minimum absolute atomic E-state index is 0.130.